The number of benzene rings is 2. The topological polar surface area (TPSA) is 125 Å². The summed E-state index contributed by atoms with van der Waals surface area (Å²) >= 11 is 12.0. The van der Waals surface area contributed by atoms with E-state index >= 15 is 0 Å². The van der Waals surface area contributed by atoms with E-state index in [9.17, 15) is 14.4 Å². The number of H-pyrrole nitrogens is 1. The molecule has 2 heterocycles. The normalized spacial score (nSPS) is 14.8. The molecule has 4 N–H and O–H groups in total. The fourth-order valence-electron chi connectivity index (χ4n) is 3.34. The van der Waals surface area contributed by atoms with Crippen LogP contribution in [-0.4, -0.2) is 28.9 Å². The summed E-state index contributed by atoms with van der Waals surface area (Å²) in [6.07, 6.45) is -0.214. The number of nitrogens with zero attached hydrogens (tertiary/aromatic N) is 1. The number of nitrogens with one attached hydrogen (secondary N) is 4. The van der Waals surface area contributed by atoms with E-state index in [0.717, 1.165) is 0 Å². The summed E-state index contributed by atoms with van der Waals surface area (Å²) in [7, 11) is 1.51. The maximum absolute atomic E-state index is 12.9. The average molecular weight is 474 g/mol. The highest BCUT2D eigenvalue weighted by Crippen LogP contribution is 2.32. The number of carbonyl (C=O) groups excluding carboxylic acids is 2. The molecule has 0 spiro atoms. The van der Waals surface area contributed by atoms with Crippen molar-refractivity contribution in [2.45, 2.75) is 12.3 Å². The molecule has 9 nitrogen and oxygen atoms in total. The van der Waals surface area contributed by atoms with E-state index in [-0.39, 0.29) is 28.8 Å². The Labute approximate surface area is 192 Å². The number of anilines is 4. The molecular formula is C21H17Cl2N5O4. The van der Waals surface area contributed by atoms with E-state index in [1.165, 1.54) is 19.2 Å². The minimum absolute atomic E-state index is 0.00440. The summed E-state index contributed by atoms with van der Waals surface area (Å²) in [5, 5.41) is 8.79. The Balaban J connectivity index is 1.65. The van der Waals surface area contributed by atoms with Gasteiger partial charge < -0.3 is 20.7 Å². The van der Waals surface area contributed by atoms with E-state index in [0.29, 0.717) is 22.1 Å². The van der Waals surface area contributed by atoms with Crippen molar-refractivity contribution in [2.75, 3.05) is 23.1 Å². The Morgan fingerprint density at radius 3 is 2.69 bits per heavy atom. The average Bonchev–Trinajstić information content (AvgIpc) is 2.75. The van der Waals surface area contributed by atoms with Gasteiger partial charge in [0.1, 0.15) is 11.6 Å². The third-order valence-corrected chi connectivity index (χ3v) is 5.36. The Hall–Kier alpha value is -3.56. The molecule has 0 saturated heterocycles. The Bertz CT molecular complexity index is 1280. The van der Waals surface area contributed by atoms with Crippen molar-refractivity contribution in [1.29, 1.82) is 0 Å². The smallest absolute Gasteiger partial charge is 0.258 e. The monoisotopic (exact) mass is 473 g/mol. The number of halogens is 2. The SMILES string of the molecule is COc1ccccc1Nc1nc2c(c(=O)[nH]1)[C@H](C(=O)Nc1ccc(Cl)cc1Cl)CC(=O)N2. The summed E-state index contributed by atoms with van der Waals surface area (Å²) in [6, 6.07) is 11.6. The number of para-hydroxylation sites is 2. The minimum Gasteiger partial charge on any atom is -0.495 e. The summed E-state index contributed by atoms with van der Waals surface area (Å²) < 4.78 is 5.28. The van der Waals surface area contributed by atoms with Crippen LogP contribution in [0.2, 0.25) is 10.0 Å². The molecule has 0 bridgehead atoms. The standard InChI is InChI=1S/C21H17Cl2N5O4/c1-32-15-5-3-2-4-14(15)25-21-27-18-17(20(31)28-21)11(9-16(29)26-18)19(30)24-13-7-6-10(22)8-12(13)23/h2-8,11H,9H2,1H3,(H,24,30)(H3,25,26,27,28,29,31)/t11-/m1/s1. The van der Waals surface area contributed by atoms with E-state index < -0.39 is 23.3 Å². The van der Waals surface area contributed by atoms with Crippen LogP contribution in [0.1, 0.15) is 17.9 Å². The van der Waals surface area contributed by atoms with Crippen molar-refractivity contribution in [3.8, 4) is 5.75 Å². The van der Waals surface area contributed by atoms with Crippen molar-refractivity contribution >= 4 is 58.2 Å². The fourth-order valence-corrected chi connectivity index (χ4v) is 3.80. The predicted molar refractivity (Wildman–Crippen MR) is 122 cm³/mol. The summed E-state index contributed by atoms with van der Waals surface area (Å²) in [5.74, 6) is -1.44. The highest BCUT2D eigenvalue weighted by Gasteiger charge is 2.35. The number of aromatic amines is 1. The number of amides is 2. The molecule has 0 saturated carbocycles. The second-order valence-electron chi connectivity index (χ2n) is 6.92. The van der Waals surface area contributed by atoms with Gasteiger partial charge in [-0.25, -0.2) is 0 Å². The van der Waals surface area contributed by atoms with Crippen LogP contribution < -0.4 is 26.2 Å². The van der Waals surface area contributed by atoms with Crippen LogP contribution in [0, 0.1) is 0 Å². The first kappa shape index (κ1) is 21.7. The number of carbonyl (C=O) groups is 2. The van der Waals surface area contributed by atoms with Gasteiger partial charge in [0.25, 0.3) is 5.56 Å². The molecule has 11 heteroatoms. The summed E-state index contributed by atoms with van der Waals surface area (Å²) in [6.45, 7) is 0. The zero-order valence-corrected chi connectivity index (χ0v) is 18.2. The third kappa shape index (κ3) is 4.39. The molecule has 2 aromatic carbocycles. The van der Waals surface area contributed by atoms with Crippen LogP contribution in [0.4, 0.5) is 23.1 Å². The number of ether oxygens (including phenoxy) is 1. The largest absolute Gasteiger partial charge is 0.495 e. The number of fused-ring (bicyclic) bond motifs is 1. The molecular weight excluding hydrogens is 457 g/mol. The lowest BCUT2D eigenvalue weighted by molar-refractivity contribution is -0.123. The van der Waals surface area contributed by atoms with Crippen LogP contribution in [0.3, 0.4) is 0 Å². The molecule has 0 fully saturated rings. The number of hydrogen-bond acceptors (Lipinski definition) is 6. The van der Waals surface area contributed by atoms with Crippen molar-refractivity contribution in [2.24, 2.45) is 0 Å². The molecule has 32 heavy (non-hydrogen) atoms. The van der Waals surface area contributed by atoms with E-state index in [1.54, 1.807) is 30.3 Å². The Morgan fingerprint density at radius 1 is 1.16 bits per heavy atom. The third-order valence-electron chi connectivity index (χ3n) is 4.82. The maximum Gasteiger partial charge on any atom is 0.258 e. The predicted octanol–water partition coefficient (Wildman–Crippen LogP) is 3.89. The number of aromatic nitrogens is 2. The molecule has 3 aromatic rings. The minimum atomic E-state index is -1.05. The lowest BCUT2D eigenvalue weighted by Gasteiger charge is -2.24. The van der Waals surface area contributed by atoms with Crippen LogP contribution in [-0.2, 0) is 9.59 Å². The van der Waals surface area contributed by atoms with Gasteiger partial charge in [-0.2, -0.15) is 4.98 Å². The Kier molecular flexibility index (Phi) is 6.02. The van der Waals surface area contributed by atoms with E-state index in [1.807, 2.05) is 0 Å². The van der Waals surface area contributed by atoms with Crippen LogP contribution in [0.25, 0.3) is 0 Å². The first-order valence-corrected chi connectivity index (χ1v) is 10.2. The highest BCUT2D eigenvalue weighted by atomic mass is 35.5. The molecule has 2 amide bonds. The quantitative estimate of drug-likeness (QED) is 0.445. The van der Waals surface area contributed by atoms with Gasteiger partial charge in [0.15, 0.2) is 0 Å². The van der Waals surface area contributed by atoms with Gasteiger partial charge in [-0.15, -0.1) is 0 Å². The van der Waals surface area contributed by atoms with Gasteiger partial charge in [-0.1, -0.05) is 35.3 Å². The molecule has 1 aliphatic heterocycles. The van der Waals surface area contributed by atoms with Crippen molar-refractivity contribution in [3.05, 3.63) is 68.4 Å². The maximum atomic E-state index is 12.9. The lowest BCUT2D eigenvalue weighted by Crippen LogP contribution is -2.36. The molecule has 0 radical (unpaired) electrons. The first-order chi connectivity index (χ1) is 15.4. The molecule has 164 valence electrons. The lowest BCUT2D eigenvalue weighted by atomic mass is 9.92. The van der Waals surface area contributed by atoms with E-state index in [2.05, 4.69) is 25.9 Å². The fraction of sp³-hybridized carbons (Fsp3) is 0.143. The Morgan fingerprint density at radius 2 is 1.94 bits per heavy atom. The molecule has 1 aliphatic rings. The van der Waals surface area contributed by atoms with Gasteiger partial charge in [-0.05, 0) is 30.3 Å². The molecule has 1 atom stereocenters. The van der Waals surface area contributed by atoms with Gasteiger partial charge in [0.2, 0.25) is 17.8 Å². The number of rotatable bonds is 5. The van der Waals surface area contributed by atoms with Crippen molar-refractivity contribution in [1.82, 2.24) is 9.97 Å². The van der Waals surface area contributed by atoms with Gasteiger partial charge in [0, 0.05) is 11.4 Å². The second kappa shape index (κ2) is 8.89. The highest BCUT2D eigenvalue weighted by molar-refractivity contribution is 6.36. The van der Waals surface area contributed by atoms with E-state index in [4.69, 9.17) is 27.9 Å². The van der Waals surface area contributed by atoms with Gasteiger partial charge in [0.05, 0.1) is 35.0 Å². The molecule has 0 aliphatic carbocycles. The zero-order valence-electron chi connectivity index (χ0n) is 16.7. The zero-order chi connectivity index (χ0) is 22.8. The number of hydrogen-bond donors (Lipinski definition) is 4. The molecule has 1 aromatic heterocycles. The van der Waals surface area contributed by atoms with Crippen LogP contribution in [0.15, 0.2) is 47.3 Å². The van der Waals surface area contributed by atoms with Crippen LogP contribution >= 0.6 is 23.2 Å². The molecule has 4 rings (SSSR count). The van der Waals surface area contributed by atoms with Crippen LogP contribution in [0.5, 0.6) is 5.75 Å². The van der Waals surface area contributed by atoms with Crippen molar-refractivity contribution < 1.29 is 14.3 Å². The van der Waals surface area contributed by atoms with Gasteiger partial charge in [-0.3, -0.25) is 19.4 Å². The van der Waals surface area contributed by atoms with Gasteiger partial charge >= 0.3 is 0 Å². The number of methoxy groups -OCH3 is 1. The molecule has 0 unspecified atom stereocenters. The first-order valence-electron chi connectivity index (χ1n) is 9.45. The van der Waals surface area contributed by atoms with Crippen molar-refractivity contribution in [3.63, 3.8) is 0 Å². The second-order valence-corrected chi connectivity index (χ2v) is 7.76. The summed E-state index contributed by atoms with van der Waals surface area (Å²) in [5.41, 5.74) is 0.367. The summed E-state index contributed by atoms with van der Waals surface area (Å²) in [4.78, 5) is 45.0.